The summed E-state index contributed by atoms with van der Waals surface area (Å²) in [5, 5.41) is 9.22. The molecule has 1 aromatic heterocycles. The molecule has 0 unspecified atom stereocenters. The molecule has 0 fully saturated rings. The van der Waals surface area contributed by atoms with Gasteiger partial charge < -0.3 is 10.0 Å². The van der Waals surface area contributed by atoms with E-state index >= 15 is 0 Å². The maximum absolute atomic E-state index is 12.3. The molecule has 0 bridgehead atoms. The van der Waals surface area contributed by atoms with Gasteiger partial charge in [0.1, 0.15) is 5.75 Å². The molecule has 18 heavy (non-hydrogen) atoms. The molecule has 0 aliphatic rings. The number of phenols is 1. The highest BCUT2D eigenvalue weighted by atomic mass is 16.3. The molecule has 2 aromatic rings. The molecule has 1 N–H and O–H groups in total. The molecule has 2 rings (SSSR count). The van der Waals surface area contributed by atoms with Crippen molar-refractivity contribution in [1.82, 2.24) is 4.98 Å². The number of phenolic OH excluding ortho intramolecular Hbond substituents is 1. The van der Waals surface area contributed by atoms with E-state index in [1.54, 1.807) is 56.6 Å². The molecule has 4 heteroatoms. The zero-order chi connectivity index (χ0) is 13.1. The summed E-state index contributed by atoms with van der Waals surface area (Å²) in [6, 6.07) is 9.98. The normalized spacial score (nSPS) is 10.1. The lowest BCUT2D eigenvalue weighted by molar-refractivity contribution is 0.0992. The number of amides is 1. The van der Waals surface area contributed by atoms with Crippen LogP contribution in [0.25, 0.3) is 0 Å². The van der Waals surface area contributed by atoms with Gasteiger partial charge in [-0.15, -0.1) is 0 Å². The Morgan fingerprint density at radius 1 is 1.22 bits per heavy atom. The highest BCUT2D eigenvalue weighted by molar-refractivity contribution is 6.06. The number of carbonyl (C=O) groups excluding carboxylic acids is 1. The highest BCUT2D eigenvalue weighted by Crippen LogP contribution is 2.19. The summed E-state index contributed by atoms with van der Waals surface area (Å²) in [6.45, 7) is 1.80. The summed E-state index contributed by atoms with van der Waals surface area (Å²) in [6.07, 6.45) is 1.66. The first-order chi connectivity index (χ1) is 8.59. The van der Waals surface area contributed by atoms with Gasteiger partial charge in [-0.25, -0.2) is 0 Å². The third-order valence-corrected chi connectivity index (χ3v) is 2.78. The molecule has 0 radical (unpaired) electrons. The molecule has 0 aliphatic heterocycles. The van der Waals surface area contributed by atoms with Crippen LogP contribution in [-0.2, 0) is 0 Å². The zero-order valence-electron chi connectivity index (χ0n) is 10.3. The minimum Gasteiger partial charge on any atom is -0.508 e. The molecular weight excluding hydrogens is 228 g/mol. The Morgan fingerprint density at radius 3 is 2.50 bits per heavy atom. The number of hydrogen-bond donors (Lipinski definition) is 1. The third kappa shape index (κ3) is 2.32. The first-order valence-electron chi connectivity index (χ1n) is 5.58. The molecular formula is C14H14N2O2. The number of aromatic hydroxyl groups is 1. The van der Waals surface area contributed by atoms with E-state index in [-0.39, 0.29) is 11.7 Å². The number of hydrogen-bond acceptors (Lipinski definition) is 3. The topological polar surface area (TPSA) is 53.4 Å². The average Bonchev–Trinajstić information content (AvgIpc) is 2.38. The fourth-order valence-corrected chi connectivity index (χ4v) is 1.68. The summed E-state index contributed by atoms with van der Waals surface area (Å²) < 4.78 is 0. The minimum atomic E-state index is -0.119. The lowest BCUT2D eigenvalue weighted by Crippen LogP contribution is -2.27. The van der Waals surface area contributed by atoms with Gasteiger partial charge in [0, 0.05) is 24.6 Å². The number of anilines is 1. The number of carbonyl (C=O) groups is 1. The third-order valence-electron chi connectivity index (χ3n) is 2.78. The Kier molecular flexibility index (Phi) is 3.28. The average molecular weight is 242 g/mol. The molecule has 1 amide bonds. The first-order valence-corrected chi connectivity index (χ1v) is 5.58. The second-order valence-corrected chi connectivity index (χ2v) is 4.02. The predicted molar refractivity (Wildman–Crippen MR) is 69.8 cm³/mol. The summed E-state index contributed by atoms with van der Waals surface area (Å²) in [5.41, 5.74) is 2.00. The number of nitrogens with zero attached hydrogens (tertiary/aromatic N) is 2. The number of benzene rings is 1. The number of aromatic nitrogens is 1. The van der Waals surface area contributed by atoms with E-state index in [9.17, 15) is 9.90 Å². The van der Waals surface area contributed by atoms with Gasteiger partial charge >= 0.3 is 0 Å². The molecule has 0 atom stereocenters. The quantitative estimate of drug-likeness (QED) is 0.879. The van der Waals surface area contributed by atoms with Crippen LogP contribution in [0.1, 0.15) is 16.1 Å². The lowest BCUT2D eigenvalue weighted by Gasteiger charge is -2.18. The Hall–Kier alpha value is -2.36. The van der Waals surface area contributed by atoms with Gasteiger partial charge in [0.05, 0.1) is 5.56 Å². The van der Waals surface area contributed by atoms with E-state index in [1.165, 1.54) is 4.90 Å². The minimum absolute atomic E-state index is 0.119. The van der Waals surface area contributed by atoms with Crippen LogP contribution in [0.15, 0.2) is 42.6 Å². The van der Waals surface area contributed by atoms with Crippen molar-refractivity contribution in [3.05, 3.63) is 53.9 Å². The second kappa shape index (κ2) is 4.87. The Balaban J connectivity index is 2.29. The Bertz CT molecular complexity index is 564. The zero-order valence-corrected chi connectivity index (χ0v) is 10.3. The van der Waals surface area contributed by atoms with Crippen LogP contribution in [0.5, 0.6) is 5.75 Å². The van der Waals surface area contributed by atoms with E-state index in [2.05, 4.69) is 4.98 Å². The van der Waals surface area contributed by atoms with Crippen molar-refractivity contribution >= 4 is 11.6 Å². The van der Waals surface area contributed by atoms with Gasteiger partial charge in [0.25, 0.3) is 5.91 Å². The first kappa shape index (κ1) is 12.1. The summed E-state index contributed by atoms with van der Waals surface area (Å²) in [7, 11) is 1.70. The van der Waals surface area contributed by atoms with Crippen molar-refractivity contribution in [2.45, 2.75) is 6.92 Å². The molecule has 4 nitrogen and oxygen atoms in total. The van der Waals surface area contributed by atoms with Crippen LogP contribution in [0.3, 0.4) is 0 Å². The predicted octanol–water partition coefficient (Wildman–Crippen LogP) is 2.37. The summed E-state index contributed by atoms with van der Waals surface area (Å²) >= 11 is 0. The van der Waals surface area contributed by atoms with Crippen molar-refractivity contribution in [3.8, 4) is 5.75 Å². The second-order valence-electron chi connectivity index (χ2n) is 4.02. The van der Waals surface area contributed by atoms with Gasteiger partial charge in [-0.05, 0) is 43.3 Å². The number of aryl methyl sites for hydroxylation is 1. The molecule has 0 saturated carbocycles. The molecule has 1 heterocycles. The monoisotopic (exact) mass is 242 g/mol. The maximum Gasteiger partial charge on any atom is 0.259 e. The highest BCUT2D eigenvalue weighted by Gasteiger charge is 2.15. The molecule has 0 saturated heterocycles. The van der Waals surface area contributed by atoms with E-state index in [4.69, 9.17) is 0 Å². The van der Waals surface area contributed by atoms with Crippen LogP contribution in [0, 0.1) is 6.92 Å². The molecule has 0 spiro atoms. The maximum atomic E-state index is 12.3. The molecule has 1 aromatic carbocycles. The Morgan fingerprint density at radius 2 is 1.89 bits per heavy atom. The van der Waals surface area contributed by atoms with E-state index in [0.29, 0.717) is 11.3 Å². The van der Waals surface area contributed by atoms with E-state index in [0.717, 1.165) is 5.69 Å². The Labute approximate surface area is 106 Å². The lowest BCUT2D eigenvalue weighted by atomic mass is 10.1. The van der Waals surface area contributed by atoms with Gasteiger partial charge in [-0.2, -0.15) is 0 Å². The van der Waals surface area contributed by atoms with E-state index < -0.39 is 0 Å². The van der Waals surface area contributed by atoms with Crippen LogP contribution in [0.4, 0.5) is 5.69 Å². The van der Waals surface area contributed by atoms with Crippen molar-refractivity contribution in [2.24, 2.45) is 0 Å². The standard InChI is InChI=1S/C14H14N2O2/c1-10-13(4-3-9-15-10)14(18)16(2)11-5-7-12(17)8-6-11/h3-9,17H,1-2H3. The largest absolute Gasteiger partial charge is 0.508 e. The fraction of sp³-hybridized carbons (Fsp3) is 0.143. The van der Waals surface area contributed by atoms with Crippen LogP contribution in [-0.4, -0.2) is 23.0 Å². The number of pyridine rings is 1. The van der Waals surface area contributed by atoms with Crippen LogP contribution >= 0.6 is 0 Å². The van der Waals surface area contributed by atoms with Gasteiger partial charge in [-0.1, -0.05) is 0 Å². The smallest absolute Gasteiger partial charge is 0.259 e. The molecule has 0 aliphatic carbocycles. The van der Waals surface area contributed by atoms with E-state index in [1.807, 2.05) is 0 Å². The van der Waals surface area contributed by atoms with Crippen molar-refractivity contribution in [2.75, 3.05) is 11.9 Å². The number of rotatable bonds is 2. The van der Waals surface area contributed by atoms with Crippen molar-refractivity contribution < 1.29 is 9.90 Å². The SMILES string of the molecule is Cc1ncccc1C(=O)N(C)c1ccc(O)cc1. The van der Waals surface area contributed by atoms with Crippen molar-refractivity contribution in [1.29, 1.82) is 0 Å². The van der Waals surface area contributed by atoms with Gasteiger partial charge in [0.15, 0.2) is 0 Å². The fourth-order valence-electron chi connectivity index (χ4n) is 1.68. The molecule has 92 valence electrons. The van der Waals surface area contributed by atoms with Crippen LogP contribution < -0.4 is 4.90 Å². The van der Waals surface area contributed by atoms with Crippen LogP contribution in [0.2, 0.25) is 0 Å². The van der Waals surface area contributed by atoms with Gasteiger partial charge in [-0.3, -0.25) is 9.78 Å². The van der Waals surface area contributed by atoms with Gasteiger partial charge in [0.2, 0.25) is 0 Å². The summed E-state index contributed by atoms with van der Waals surface area (Å²) in [4.78, 5) is 17.9. The van der Waals surface area contributed by atoms with Crippen molar-refractivity contribution in [3.63, 3.8) is 0 Å². The summed E-state index contributed by atoms with van der Waals surface area (Å²) in [5.74, 6) is 0.0587.